The lowest BCUT2D eigenvalue weighted by atomic mass is 9.97. The molecule has 0 aromatic rings. The van der Waals surface area contributed by atoms with Gasteiger partial charge < -0.3 is 16.4 Å². The maximum absolute atomic E-state index is 12.1. The molecule has 0 aromatic heterocycles. The number of nitrogens with two attached hydrogens (primary N) is 1. The summed E-state index contributed by atoms with van der Waals surface area (Å²) in [7, 11) is 0. The summed E-state index contributed by atoms with van der Waals surface area (Å²) >= 11 is 0. The fourth-order valence-corrected chi connectivity index (χ4v) is 2.46. The van der Waals surface area contributed by atoms with Crippen molar-refractivity contribution < 1.29 is 9.59 Å². The number of carbonyl (C=O) groups is 2. The van der Waals surface area contributed by atoms with Gasteiger partial charge in [0.15, 0.2) is 0 Å². The second kappa shape index (κ2) is 8.34. The largest absolute Gasteiger partial charge is 0.355 e. The van der Waals surface area contributed by atoms with Gasteiger partial charge in [-0.3, -0.25) is 14.5 Å². The summed E-state index contributed by atoms with van der Waals surface area (Å²) in [4.78, 5) is 26.1. The van der Waals surface area contributed by atoms with E-state index in [0.717, 1.165) is 25.8 Å². The minimum atomic E-state index is -0.176. The van der Waals surface area contributed by atoms with Crippen molar-refractivity contribution in [1.82, 2.24) is 15.5 Å². The first-order valence-electron chi connectivity index (χ1n) is 7.89. The smallest absolute Gasteiger partial charge is 0.234 e. The number of amides is 2. The maximum atomic E-state index is 12.1. The van der Waals surface area contributed by atoms with Crippen LogP contribution in [0.2, 0.25) is 0 Å². The topological polar surface area (TPSA) is 87.5 Å². The normalized spacial score (nSPS) is 20.1. The van der Waals surface area contributed by atoms with Crippen molar-refractivity contribution in [3.05, 3.63) is 0 Å². The van der Waals surface area contributed by atoms with E-state index in [1.54, 1.807) is 0 Å². The number of carbonyl (C=O) groups excluding carboxylic acids is 2. The molecule has 6 heteroatoms. The molecule has 0 bridgehead atoms. The van der Waals surface area contributed by atoms with Crippen LogP contribution in [0.4, 0.5) is 0 Å². The highest BCUT2D eigenvalue weighted by Gasteiger charge is 2.27. The first-order valence-corrected chi connectivity index (χ1v) is 7.89. The van der Waals surface area contributed by atoms with Gasteiger partial charge in [0.2, 0.25) is 11.8 Å². The van der Waals surface area contributed by atoms with Crippen molar-refractivity contribution in [3.63, 3.8) is 0 Å². The van der Waals surface area contributed by atoms with Crippen LogP contribution in [-0.2, 0) is 9.59 Å². The summed E-state index contributed by atoms with van der Waals surface area (Å²) in [5.74, 6) is 0.0570. The van der Waals surface area contributed by atoms with Crippen LogP contribution >= 0.6 is 0 Å². The molecule has 1 saturated heterocycles. The van der Waals surface area contributed by atoms with E-state index in [-0.39, 0.29) is 23.3 Å². The van der Waals surface area contributed by atoms with Crippen molar-refractivity contribution in [2.45, 2.75) is 45.6 Å². The van der Waals surface area contributed by atoms with E-state index in [4.69, 9.17) is 5.73 Å². The monoisotopic (exact) mass is 298 g/mol. The van der Waals surface area contributed by atoms with Crippen molar-refractivity contribution in [1.29, 1.82) is 0 Å². The molecule has 1 aliphatic heterocycles. The lowest BCUT2D eigenvalue weighted by Gasteiger charge is -2.33. The van der Waals surface area contributed by atoms with Gasteiger partial charge in [0, 0.05) is 25.2 Å². The SMILES string of the molecule is CCC(C)(C)NC(=O)CN1CCCC(C(=O)NCCN)C1. The van der Waals surface area contributed by atoms with Crippen LogP contribution in [0.15, 0.2) is 0 Å². The van der Waals surface area contributed by atoms with Crippen LogP contribution in [0.3, 0.4) is 0 Å². The summed E-state index contributed by atoms with van der Waals surface area (Å²) in [5.41, 5.74) is 5.22. The van der Waals surface area contributed by atoms with E-state index in [2.05, 4.69) is 22.5 Å². The van der Waals surface area contributed by atoms with Crippen LogP contribution in [0, 0.1) is 5.92 Å². The Kier molecular flexibility index (Phi) is 7.11. The molecule has 122 valence electrons. The van der Waals surface area contributed by atoms with Crippen molar-refractivity contribution in [2.75, 3.05) is 32.7 Å². The number of likely N-dealkylation sites (tertiary alicyclic amines) is 1. The quantitative estimate of drug-likeness (QED) is 0.621. The molecule has 1 atom stereocenters. The van der Waals surface area contributed by atoms with Gasteiger partial charge in [0.05, 0.1) is 12.5 Å². The molecule has 1 rings (SSSR count). The predicted molar refractivity (Wildman–Crippen MR) is 83.7 cm³/mol. The molecular weight excluding hydrogens is 268 g/mol. The molecule has 0 spiro atoms. The standard InChI is InChI=1S/C15H30N4O2/c1-4-15(2,3)18-13(20)11-19-9-5-6-12(10-19)14(21)17-8-7-16/h12H,4-11,16H2,1-3H3,(H,17,21)(H,18,20). The van der Waals surface area contributed by atoms with Gasteiger partial charge in [-0.05, 0) is 39.7 Å². The number of hydrogen-bond donors (Lipinski definition) is 3. The first kappa shape index (κ1) is 17.9. The summed E-state index contributed by atoms with van der Waals surface area (Å²) in [6, 6.07) is 0. The molecule has 0 aliphatic carbocycles. The van der Waals surface area contributed by atoms with Crippen molar-refractivity contribution in [3.8, 4) is 0 Å². The van der Waals surface area contributed by atoms with Gasteiger partial charge in [-0.1, -0.05) is 6.92 Å². The molecule has 21 heavy (non-hydrogen) atoms. The molecule has 6 nitrogen and oxygen atoms in total. The van der Waals surface area contributed by atoms with Crippen LogP contribution in [0.1, 0.15) is 40.0 Å². The summed E-state index contributed by atoms with van der Waals surface area (Å²) < 4.78 is 0. The fraction of sp³-hybridized carbons (Fsp3) is 0.867. The first-order chi connectivity index (χ1) is 9.88. The number of rotatable bonds is 7. The highest BCUT2D eigenvalue weighted by Crippen LogP contribution is 2.16. The molecule has 1 heterocycles. The number of nitrogens with zero attached hydrogens (tertiary/aromatic N) is 1. The Bertz CT molecular complexity index is 358. The zero-order valence-electron chi connectivity index (χ0n) is 13.6. The average Bonchev–Trinajstić information content (AvgIpc) is 2.44. The van der Waals surface area contributed by atoms with Gasteiger partial charge >= 0.3 is 0 Å². The third kappa shape index (κ3) is 6.44. The van der Waals surface area contributed by atoms with E-state index in [9.17, 15) is 9.59 Å². The van der Waals surface area contributed by atoms with Crippen molar-refractivity contribution in [2.24, 2.45) is 11.7 Å². The summed E-state index contributed by atoms with van der Waals surface area (Å²) in [5, 5.41) is 5.87. The Morgan fingerprint density at radius 3 is 2.71 bits per heavy atom. The van der Waals surface area contributed by atoms with E-state index in [0.29, 0.717) is 26.2 Å². The predicted octanol–water partition coefficient (Wildman–Crippen LogP) is 0.0781. The average molecular weight is 298 g/mol. The maximum Gasteiger partial charge on any atom is 0.234 e. The molecule has 0 saturated carbocycles. The number of hydrogen-bond acceptors (Lipinski definition) is 4. The zero-order chi connectivity index (χ0) is 15.9. The van der Waals surface area contributed by atoms with E-state index >= 15 is 0 Å². The van der Waals surface area contributed by atoms with Gasteiger partial charge in [-0.15, -0.1) is 0 Å². The van der Waals surface area contributed by atoms with Crippen LogP contribution in [0.25, 0.3) is 0 Å². The van der Waals surface area contributed by atoms with Gasteiger partial charge in [-0.2, -0.15) is 0 Å². The summed E-state index contributed by atoms with van der Waals surface area (Å²) in [6.45, 7) is 8.95. The van der Waals surface area contributed by atoms with Crippen LogP contribution in [-0.4, -0.2) is 55.0 Å². The second-order valence-corrected chi connectivity index (χ2v) is 6.44. The third-order valence-electron chi connectivity index (χ3n) is 4.05. The Labute approximate surface area is 127 Å². The number of piperidine rings is 1. The van der Waals surface area contributed by atoms with Gasteiger partial charge in [0.25, 0.3) is 0 Å². The Balaban J connectivity index is 2.42. The minimum Gasteiger partial charge on any atom is -0.355 e. The lowest BCUT2D eigenvalue weighted by Crippen LogP contribution is -2.50. The van der Waals surface area contributed by atoms with Crippen molar-refractivity contribution >= 4 is 11.8 Å². The molecule has 1 fully saturated rings. The summed E-state index contributed by atoms with van der Waals surface area (Å²) in [6.07, 6.45) is 2.73. The minimum absolute atomic E-state index is 0.0303. The lowest BCUT2D eigenvalue weighted by molar-refractivity contribution is -0.129. The molecule has 0 radical (unpaired) electrons. The van der Waals surface area contributed by atoms with E-state index in [1.165, 1.54) is 0 Å². The van der Waals surface area contributed by atoms with E-state index < -0.39 is 0 Å². The molecule has 0 aromatic carbocycles. The van der Waals surface area contributed by atoms with Gasteiger partial charge in [-0.25, -0.2) is 0 Å². The number of nitrogens with one attached hydrogen (secondary N) is 2. The van der Waals surface area contributed by atoms with Crippen LogP contribution < -0.4 is 16.4 Å². The Morgan fingerprint density at radius 2 is 2.10 bits per heavy atom. The second-order valence-electron chi connectivity index (χ2n) is 6.44. The molecular formula is C15H30N4O2. The highest BCUT2D eigenvalue weighted by atomic mass is 16.2. The fourth-order valence-electron chi connectivity index (χ4n) is 2.46. The van der Waals surface area contributed by atoms with Gasteiger partial charge in [0.1, 0.15) is 0 Å². The molecule has 2 amide bonds. The third-order valence-corrected chi connectivity index (χ3v) is 4.05. The molecule has 4 N–H and O–H groups in total. The zero-order valence-corrected chi connectivity index (χ0v) is 13.6. The highest BCUT2D eigenvalue weighted by molar-refractivity contribution is 5.80. The van der Waals surface area contributed by atoms with E-state index in [1.807, 2.05) is 13.8 Å². The van der Waals surface area contributed by atoms with Crippen LogP contribution in [0.5, 0.6) is 0 Å². The molecule has 1 aliphatic rings. The molecule has 1 unspecified atom stereocenters. The Hall–Kier alpha value is -1.14. The Morgan fingerprint density at radius 1 is 1.38 bits per heavy atom.